The number of hydrogen-bond acceptors (Lipinski definition) is 16. The van der Waals surface area contributed by atoms with Crippen LogP contribution in [0.3, 0.4) is 0 Å². The van der Waals surface area contributed by atoms with E-state index in [9.17, 15) is 24.5 Å². The van der Waals surface area contributed by atoms with Crippen molar-refractivity contribution in [3.63, 3.8) is 0 Å². The summed E-state index contributed by atoms with van der Waals surface area (Å²) in [5.41, 5.74) is -1.66. The number of fused-ring (bicyclic) bond motifs is 1. The van der Waals surface area contributed by atoms with Gasteiger partial charge >= 0.3 is 17.9 Å². The quantitative estimate of drug-likeness (QED) is 0.0479. The number of carbonyl (C=O) groups excluding carboxylic acids is 3. The molecule has 1 aliphatic heterocycles. The molecule has 0 radical (unpaired) electrons. The second kappa shape index (κ2) is 15.6. The van der Waals surface area contributed by atoms with E-state index in [1.807, 2.05) is 13.8 Å². The summed E-state index contributed by atoms with van der Waals surface area (Å²) in [6.45, 7) is 7.07. The standard InChI is InChI=1S/C33H34ClN7O10S/c1-7-32(51-20(6)43)24(50-29(26(32)49-19(5)42)40-16-35-25-27(37-18(3)4)38-31(34)39-28(25)40)14-48-33(30(44)47-8-2,23-15-52-17-36-23)13-21-9-11-22(12-10-21)41(45)46/h1,9-12,15-18,24,26,29H,8,13-14H2,2-6H3,(H,37,38,39)/t24-,26+,29-,32-,33?/m1/s1. The Balaban J connectivity index is 1.62. The van der Waals surface area contributed by atoms with Gasteiger partial charge in [0, 0.05) is 43.8 Å². The Morgan fingerprint density at radius 2 is 1.94 bits per heavy atom. The highest BCUT2D eigenvalue weighted by Crippen LogP contribution is 2.45. The summed E-state index contributed by atoms with van der Waals surface area (Å²) in [5, 5.41) is 15.9. The number of ether oxygens (including phenoxy) is 5. The van der Waals surface area contributed by atoms with E-state index < -0.39 is 59.1 Å². The van der Waals surface area contributed by atoms with Crippen LogP contribution in [0.25, 0.3) is 11.2 Å². The number of nitro benzene ring substituents is 1. The second-order valence-electron chi connectivity index (χ2n) is 11.9. The number of carbonyl (C=O) groups is 3. The first-order chi connectivity index (χ1) is 24.7. The zero-order valence-electron chi connectivity index (χ0n) is 28.6. The van der Waals surface area contributed by atoms with E-state index in [4.69, 9.17) is 41.7 Å². The van der Waals surface area contributed by atoms with Crippen molar-refractivity contribution in [3.05, 3.63) is 68.1 Å². The molecule has 4 aromatic rings. The average Bonchev–Trinajstić information content (AvgIpc) is 3.82. The molecule has 5 rings (SSSR count). The molecule has 0 bridgehead atoms. The van der Waals surface area contributed by atoms with Crippen LogP contribution in [-0.4, -0.2) is 84.4 Å². The van der Waals surface area contributed by atoms with Gasteiger partial charge < -0.3 is 29.0 Å². The molecule has 0 spiro atoms. The van der Waals surface area contributed by atoms with E-state index in [2.05, 4.69) is 31.2 Å². The Morgan fingerprint density at radius 1 is 1.21 bits per heavy atom. The molecule has 19 heteroatoms. The third-order valence-electron chi connectivity index (χ3n) is 7.92. The normalized spacial score (nSPS) is 20.9. The Kier molecular flexibility index (Phi) is 11.4. The summed E-state index contributed by atoms with van der Waals surface area (Å²) >= 11 is 7.49. The summed E-state index contributed by atoms with van der Waals surface area (Å²) in [6.07, 6.45) is 3.02. The molecule has 1 aromatic carbocycles. The van der Waals surface area contributed by atoms with Gasteiger partial charge in [-0.2, -0.15) is 9.97 Å². The molecule has 1 saturated heterocycles. The van der Waals surface area contributed by atoms with Gasteiger partial charge in [0.1, 0.15) is 6.10 Å². The van der Waals surface area contributed by atoms with Crippen molar-refractivity contribution >= 4 is 63.5 Å². The lowest BCUT2D eigenvalue weighted by Crippen LogP contribution is -2.54. The molecule has 5 atom stereocenters. The van der Waals surface area contributed by atoms with Gasteiger partial charge in [0.25, 0.3) is 5.69 Å². The summed E-state index contributed by atoms with van der Waals surface area (Å²) in [4.78, 5) is 67.4. The Hall–Kier alpha value is -5.22. The highest BCUT2D eigenvalue weighted by atomic mass is 35.5. The Morgan fingerprint density at radius 3 is 2.52 bits per heavy atom. The fraction of sp³-hybridized carbons (Fsp3) is 0.424. The van der Waals surface area contributed by atoms with Crippen molar-refractivity contribution in [1.29, 1.82) is 0 Å². The maximum atomic E-state index is 13.9. The number of nitrogens with one attached hydrogen (secondary N) is 1. The van der Waals surface area contributed by atoms with Gasteiger partial charge in [-0.1, -0.05) is 18.1 Å². The van der Waals surface area contributed by atoms with Crippen molar-refractivity contribution in [2.24, 2.45) is 0 Å². The van der Waals surface area contributed by atoms with Gasteiger partial charge in [-0.25, -0.2) is 14.8 Å². The first kappa shape index (κ1) is 38.0. The number of thiazole rings is 1. The number of terminal acetylenes is 1. The molecular weight excluding hydrogens is 722 g/mol. The number of aromatic nitrogens is 5. The number of benzene rings is 1. The molecule has 17 nitrogen and oxygen atoms in total. The van der Waals surface area contributed by atoms with Crippen molar-refractivity contribution in [3.8, 4) is 12.3 Å². The van der Waals surface area contributed by atoms with Crippen LogP contribution in [0.2, 0.25) is 5.28 Å². The predicted octanol–water partition coefficient (Wildman–Crippen LogP) is 4.15. The summed E-state index contributed by atoms with van der Waals surface area (Å²) < 4.78 is 31.4. The van der Waals surface area contributed by atoms with Crippen LogP contribution in [0, 0.1) is 22.5 Å². The predicted molar refractivity (Wildman–Crippen MR) is 185 cm³/mol. The van der Waals surface area contributed by atoms with Crippen LogP contribution >= 0.6 is 22.9 Å². The van der Waals surface area contributed by atoms with Crippen LogP contribution in [0.5, 0.6) is 0 Å². The minimum absolute atomic E-state index is 0.0294. The molecule has 3 aromatic heterocycles. The fourth-order valence-electron chi connectivity index (χ4n) is 5.80. The molecule has 0 saturated carbocycles. The number of esters is 3. The van der Waals surface area contributed by atoms with E-state index in [1.165, 1.54) is 52.0 Å². The number of rotatable bonds is 14. The largest absolute Gasteiger partial charge is 0.464 e. The van der Waals surface area contributed by atoms with E-state index >= 15 is 0 Å². The highest BCUT2D eigenvalue weighted by molar-refractivity contribution is 7.07. The van der Waals surface area contributed by atoms with Crippen LogP contribution in [0.4, 0.5) is 11.5 Å². The molecule has 1 unspecified atom stereocenters. The monoisotopic (exact) mass is 755 g/mol. The molecule has 0 amide bonds. The summed E-state index contributed by atoms with van der Waals surface area (Å²) in [5.74, 6) is 0.339. The van der Waals surface area contributed by atoms with Gasteiger partial charge in [0.05, 0.1) is 35.7 Å². The zero-order valence-corrected chi connectivity index (χ0v) is 30.2. The molecule has 1 N–H and O–H groups in total. The first-order valence-corrected chi connectivity index (χ1v) is 17.2. The minimum Gasteiger partial charge on any atom is -0.464 e. The van der Waals surface area contributed by atoms with Crippen molar-refractivity contribution < 1.29 is 43.0 Å². The smallest absolute Gasteiger partial charge is 0.345 e. The highest BCUT2D eigenvalue weighted by Gasteiger charge is 2.63. The number of halogens is 1. The lowest BCUT2D eigenvalue weighted by Gasteiger charge is -2.35. The fourth-order valence-corrected chi connectivity index (χ4v) is 6.58. The van der Waals surface area contributed by atoms with Gasteiger partial charge in [-0.3, -0.25) is 24.3 Å². The van der Waals surface area contributed by atoms with E-state index in [-0.39, 0.29) is 41.4 Å². The van der Waals surface area contributed by atoms with Gasteiger partial charge in [-0.05, 0) is 37.9 Å². The van der Waals surface area contributed by atoms with E-state index in [0.717, 1.165) is 13.8 Å². The average molecular weight is 756 g/mol. The van der Waals surface area contributed by atoms with Gasteiger partial charge in [0.15, 0.2) is 23.2 Å². The third kappa shape index (κ3) is 7.53. The maximum absolute atomic E-state index is 13.9. The molecule has 274 valence electrons. The SMILES string of the molecule is C#C[C@@]1(OC(C)=O)[C@@H](COC(Cc2ccc([N+](=O)[O-])cc2)(C(=O)OCC)c2cscn2)O[C@@H](n2cnc3c(NC(C)C)nc(Cl)nc32)[C@@H]1OC(C)=O. The van der Waals surface area contributed by atoms with E-state index in [1.54, 1.807) is 12.3 Å². The van der Waals surface area contributed by atoms with Gasteiger partial charge in [-0.15, -0.1) is 17.8 Å². The number of nitro groups is 1. The third-order valence-corrected chi connectivity index (χ3v) is 8.68. The zero-order chi connectivity index (χ0) is 37.8. The molecule has 1 fully saturated rings. The summed E-state index contributed by atoms with van der Waals surface area (Å²) in [7, 11) is 0. The Labute approximate surface area is 306 Å². The number of nitrogens with zero attached hydrogens (tertiary/aromatic N) is 6. The topological polar surface area (TPSA) is 209 Å². The number of anilines is 1. The molecule has 4 heterocycles. The lowest BCUT2D eigenvalue weighted by molar-refractivity contribution is -0.384. The Bertz CT molecular complexity index is 2000. The first-order valence-electron chi connectivity index (χ1n) is 15.8. The minimum atomic E-state index is -2.13. The van der Waals surface area contributed by atoms with Crippen LogP contribution < -0.4 is 5.32 Å². The van der Waals surface area contributed by atoms with Crippen molar-refractivity contribution in [2.75, 3.05) is 18.5 Å². The van der Waals surface area contributed by atoms with Crippen LogP contribution in [-0.2, 0) is 50.1 Å². The van der Waals surface area contributed by atoms with Gasteiger partial charge in [0.2, 0.25) is 22.6 Å². The van der Waals surface area contributed by atoms with E-state index in [0.29, 0.717) is 16.9 Å². The second-order valence-corrected chi connectivity index (χ2v) is 12.9. The number of hydrogen-bond donors (Lipinski definition) is 1. The molecule has 0 aliphatic carbocycles. The number of imidazole rings is 1. The van der Waals surface area contributed by atoms with Crippen LogP contribution in [0.1, 0.15) is 52.1 Å². The summed E-state index contributed by atoms with van der Waals surface area (Å²) in [6, 6.07) is 5.48. The number of non-ortho nitro benzene ring substituents is 1. The maximum Gasteiger partial charge on any atom is 0.345 e. The lowest BCUT2D eigenvalue weighted by atomic mass is 9.89. The molecule has 52 heavy (non-hydrogen) atoms. The molecule has 1 aliphatic rings. The van der Waals surface area contributed by atoms with Crippen molar-refractivity contribution in [2.45, 2.75) is 76.7 Å². The molecular formula is C33H34ClN7O10S. The van der Waals surface area contributed by atoms with Crippen LogP contribution in [0.15, 0.2) is 41.5 Å². The van der Waals surface area contributed by atoms with Crippen molar-refractivity contribution in [1.82, 2.24) is 24.5 Å².